The number of fused-ring (bicyclic) bond motifs is 2. The Morgan fingerprint density at radius 2 is 2.06 bits per heavy atom. The number of nitrogens with zero attached hydrogens (tertiary/aromatic N) is 3. The maximum atomic E-state index is 12.5. The Balaban J connectivity index is 1.65. The van der Waals surface area contributed by atoms with Crippen molar-refractivity contribution in [2.45, 2.75) is 70.0 Å². The Kier molecular flexibility index (Phi) is 7.52. The van der Waals surface area contributed by atoms with E-state index in [0.717, 1.165) is 38.8 Å². The van der Waals surface area contributed by atoms with Crippen LogP contribution in [0.25, 0.3) is 0 Å². The molecule has 4 unspecified atom stereocenters. The number of likely N-dealkylation sites (tertiary alicyclic amines) is 1. The lowest BCUT2D eigenvalue weighted by Gasteiger charge is -2.40. The molecule has 0 aromatic heterocycles. The van der Waals surface area contributed by atoms with Crippen LogP contribution in [0.4, 0.5) is 0 Å². The molecule has 0 spiro atoms. The van der Waals surface area contributed by atoms with Crippen LogP contribution in [0.5, 0.6) is 0 Å². The third-order valence-electron chi connectivity index (χ3n) is 7.78. The van der Waals surface area contributed by atoms with Crippen molar-refractivity contribution in [1.29, 1.82) is 0 Å². The van der Waals surface area contributed by atoms with Gasteiger partial charge in [-0.2, -0.15) is 0 Å². The number of carbonyl (C=O) groups excluding carboxylic acids is 1. The minimum Gasteiger partial charge on any atom is -0.348 e. The van der Waals surface area contributed by atoms with Crippen molar-refractivity contribution >= 4 is 5.91 Å². The second kappa shape index (κ2) is 10.4. The Hall–Kier alpha value is -1.91. The molecule has 2 fully saturated rings. The SMILES string of the molecule is C=CCN1CCC2CCC(C1)N2C(C1=CCC(C(=O)N(C)C)C=C1)C1=CC(CC)=CCC1. The van der Waals surface area contributed by atoms with Gasteiger partial charge in [0.2, 0.25) is 5.91 Å². The summed E-state index contributed by atoms with van der Waals surface area (Å²) < 4.78 is 0. The predicted octanol–water partition coefficient (Wildman–Crippen LogP) is 4.73. The minimum absolute atomic E-state index is 0.0234. The summed E-state index contributed by atoms with van der Waals surface area (Å²) in [6, 6.07) is 1.59. The molecule has 1 amide bonds. The zero-order chi connectivity index (χ0) is 22.7. The molecule has 4 rings (SSSR count). The average molecular weight is 436 g/mol. The summed E-state index contributed by atoms with van der Waals surface area (Å²) >= 11 is 0. The highest BCUT2D eigenvalue weighted by molar-refractivity contribution is 5.80. The lowest BCUT2D eigenvalue weighted by molar-refractivity contribution is -0.131. The molecule has 32 heavy (non-hydrogen) atoms. The Bertz CT molecular complexity index is 834. The number of allylic oxidation sites excluding steroid dienone is 4. The maximum Gasteiger partial charge on any atom is 0.229 e. The van der Waals surface area contributed by atoms with Gasteiger partial charge in [0.25, 0.3) is 0 Å². The summed E-state index contributed by atoms with van der Waals surface area (Å²) in [5.41, 5.74) is 4.46. The highest BCUT2D eigenvalue weighted by Gasteiger charge is 2.43. The molecule has 0 aromatic rings. The zero-order valence-corrected chi connectivity index (χ0v) is 20.3. The van der Waals surface area contributed by atoms with E-state index in [0.29, 0.717) is 18.1 Å². The summed E-state index contributed by atoms with van der Waals surface area (Å²) in [5.74, 6) is 0.181. The van der Waals surface area contributed by atoms with Gasteiger partial charge in [0, 0.05) is 45.8 Å². The van der Waals surface area contributed by atoms with Crippen molar-refractivity contribution in [3.8, 4) is 0 Å². The highest BCUT2D eigenvalue weighted by Crippen LogP contribution is 2.40. The van der Waals surface area contributed by atoms with E-state index in [-0.39, 0.29) is 11.8 Å². The fraction of sp³-hybridized carbons (Fsp3) is 0.607. The van der Waals surface area contributed by atoms with Crippen LogP contribution < -0.4 is 0 Å². The van der Waals surface area contributed by atoms with E-state index >= 15 is 0 Å². The van der Waals surface area contributed by atoms with Gasteiger partial charge in [-0.15, -0.1) is 6.58 Å². The molecule has 2 bridgehead atoms. The van der Waals surface area contributed by atoms with Crippen LogP contribution in [0.3, 0.4) is 0 Å². The molecule has 2 aliphatic carbocycles. The molecule has 2 heterocycles. The van der Waals surface area contributed by atoms with Crippen molar-refractivity contribution in [3.63, 3.8) is 0 Å². The van der Waals surface area contributed by atoms with E-state index in [4.69, 9.17) is 0 Å². The standard InChI is InChI=1S/C28H41N3O/c1-5-17-30-18-16-25-14-15-26(20-30)31(25)27(24-9-7-8-21(6-2)19-24)22-10-12-23(13-11-22)28(32)29(3)4/h5,8,10-12,19,23,25-27H,1,6-7,9,13-18,20H2,2-4H3. The van der Waals surface area contributed by atoms with Crippen LogP contribution in [0, 0.1) is 5.92 Å². The van der Waals surface area contributed by atoms with Gasteiger partial charge in [-0.1, -0.05) is 49.0 Å². The number of hydrogen-bond acceptors (Lipinski definition) is 3. The number of rotatable bonds is 7. The normalized spacial score (nSPS) is 29.6. The van der Waals surface area contributed by atoms with Gasteiger partial charge in [0.15, 0.2) is 0 Å². The van der Waals surface area contributed by atoms with Crippen molar-refractivity contribution in [3.05, 3.63) is 59.8 Å². The first-order valence-corrected chi connectivity index (χ1v) is 12.6. The zero-order valence-electron chi connectivity index (χ0n) is 20.3. The molecule has 0 saturated carbocycles. The molecule has 0 N–H and O–H groups in total. The van der Waals surface area contributed by atoms with Crippen molar-refractivity contribution in [1.82, 2.24) is 14.7 Å². The molecule has 4 nitrogen and oxygen atoms in total. The van der Waals surface area contributed by atoms with Crippen LogP contribution in [0.2, 0.25) is 0 Å². The van der Waals surface area contributed by atoms with E-state index in [2.05, 4.69) is 59.8 Å². The maximum absolute atomic E-state index is 12.5. The van der Waals surface area contributed by atoms with E-state index in [1.54, 1.807) is 10.5 Å². The first-order chi connectivity index (χ1) is 15.5. The Morgan fingerprint density at radius 1 is 1.25 bits per heavy atom. The van der Waals surface area contributed by atoms with Crippen LogP contribution in [-0.2, 0) is 4.79 Å². The average Bonchev–Trinajstić information content (AvgIpc) is 3.10. The topological polar surface area (TPSA) is 26.8 Å². The van der Waals surface area contributed by atoms with Crippen LogP contribution >= 0.6 is 0 Å². The van der Waals surface area contributed by atoms with Gasteiger partial charge in [0.1, 0.15) is 0 Å². The lowest BCUT2D eigenvalue weighted by atomic mass is 9.83. The third-order valence-corrected chi connectivity index (χ3v) is 7.78. The Morgan fingerprint density at radius 3 is 2.75 bits per heavy atom. The molecular weight excluding hydrogens is 394 g/mol. The van der Waals surface area contributed by atoms with E-state index in [1.165, 1.54) is 37.0 Å². The molecule has 0 aromatic carbocycles. The number of carbonyl (C=O) groups is 1. The first-order valence-electron chi connectivity index (χ1n) is 12.6. The van der Waals surface area contributed by atoms with Gasteiger partial charge >= 0.3 is 0 Å². The molecule has 2 saturated heterocycles. The van der Waals surface area contributed by atoms with Crippen molar-refractivity contribution < 1.29 is 4.79 Å². The first kappa shape index (κ1) is 23.3. The second-order valence-electron chi connectivity index (χ2n) is 10.1. The number of hydrogen-bond donors (Lipinski definition) is 0. The molecule has 0 radical (unpaired) electrons. The van der Waals surface area contributed by atoms with Crippen LogP contribution in [0.1, 0.15) is 51.9 Å². The molecular formula is C28H41N3O. The van der Waals surface area contributed by atoms with E-state index < -0.39 is 0 Å². The predicted molar refractivity (Wildman–Crippen MR) is 133 cm³/mol. The van der Waals surface area contributed by atoms with Gasteiger partial charge in [0.05, 0.1) is 12.0 Å². The lowest BCUT2D eigenvalue weighted by Crippen LogP contribution is -2.47. The van der Waals surface area contributed by atoms with Crippen LogP contribution in [-0.4, -0.2) is 72.5 Å². The smallest absolute Gasteiger partial charge is 0.229 e. The molecule has 174 valence electrons. The minimum atomic E-state index is -0.0234. The summed E-state index contributed by atoms with van der Waals surface area (Å²) in [6.07, 6.45) is 21.8. The van der Waals surface area contributed by atoms with E-state index in [1.807, 2.05) is 14.1 Å². The quantitative estimate of drug-likeness (QED) is 0.541. The van der Waals surface area contributed by atoms with Gasteiger partial charge < -0.3 is 4.90 Å². The fourth-order valence-electron chi connectivity index (χ4n) is 6.14. The van der Waals surface area contributed by atoms with Gasteiger partial charge in [-0.05, 0) is 56.1 Å². The Labute approximate surface area is 195 Å². The molecule has 4 atom stereocenters. The monoisotopic (exact) mass is 435 g/mol. The van der Waals surface area contributed by atoms with Crippen LogP contribution in [0.15, 0.2) is 59.8 Å². The third kappa shape index (κ3) is 4.87. The van der Waals surface area contributed by atoms with Crippen molar-refractivity contribution in [2.75, 3.05) is 33.7 Å². The number of amides is 1. The van der Waals surface area contributed by atoms with Gasteiger partial charge in [-0.3, -0.25) is 14.6 Å². The summed E-state index contributed by atoms with van der Waals surface area (Å²) in [7, 11) is 3.71. The molecule has 2 aliphatic heterocycles. The fourth-order valence-corrected chi connectivity index (χ4v) is 6.14. The summed E-state index contributed by atoms with van der Waals surface area (Å²) in [5, 5.41) is 0. The largest absolute Gasteiger partial charge is 0.348 e. The van der Waals surface area contributed by atoms with E-state index in [9.17, 15) is 4.79 Å². The second-order valence-corrected chi connectivity index (χ2v) is 10.1. The molecule has 4 heteroatoms. The summed E-state index contributed by atoms with van der Waals surface area (Å²) in [4.78, 5) is 19.7. The highest BCUT2D eigenvalue weighted by atomic mass is 16.2. The van der Waals surface area contributed by atoms with Crippen molar-refractivity contribution in [2.24, 2.45) is 5.92 Å². The summed E-state index contributed by atoms with van der Waals surface area (Å²) in [6.45, 7) is 9.55. The van der Waals surface area contributed by atoms with Gasteiger partial charge in [-0.25, -0.2) is 0 Å². The molecule has 4 aliphatic rings.